The molecule has 0 radical (unpaired) electrons. The van der Waals surface area contributed by atoms with E-state index >= 15 is 0 Å². The van der Waals surface area contributed by atoms with Gasteiger partial charge in [0.15, 0.2) is 12.7 Å². The van der Waals surface area contributed by atoms with Crippen molar-refractivity contribution >= 4 is 29.2 Å². The van der Waals surface area contributed by atoms with Crippen LogP contribution in [-0.4, -0.2) is 31.7 Å². The number of hydrogen-bond acceptors (Lipinski definition) is 5. The van der Waals surface area contributed by atoms with E-state index in [1.54, 1.807) is 48.5 Å². The van der Waals surface area contributed by atoms with Gasteiger partial charge in [0, 0.05) is 16.8 Å². The maximum Gasteiger partial charge on any atom is 0.344 e. The first-order valence-electron chi connectivity index (χ1n) is 7.50. The molecular formula is C18H18ClNO5. The zero-order chi connectivity index (χ0) is 18.2. The van der Waals surface area contributed by atoms with Crippen molar-refractivity contribution in [3.05, 3.63) is 53.6 Å². The van der Waals surface area contributed by atoms with E-state index in [-0.39, 0.29) is 6.61 Å². The van der Waals surface area contributed by atoms with Crippen LogP contribution in [0.5, 0.6) is 11.5 Å². The second-order valence-electron chi connectivity index (χ2n) is 5.10. The van der Waals surface area contributed by atoms with Gasteiger partial charge in [-0.25, -0.2) is 4.79 Å². The second-order valence-corrected chi connectivity index (χ2v) is 5.53. The van der Waals surface area contributed by atoms with Gasteiger partial charge >= 0.3 is 5.97 Å². The summed E-state index contributed by atoms with van der Waals surface area (Å²) in [6.45, 7) is 1.17. The molecule has 0 unspecified atom stereocenters. The third kappa shape index (κ3) is 6.00. The highest BCUT2D eigenvalue weighted by atomic mass is 35.5. The van der Waals surface area contributed by atoms with Gasteiger partial charge < -0.3 is 19.5 Å². The molecule has 0 saturated heterocycles. The molecule has 0 aliphatic rings. The first-order chi connectivity index (χ1) is 12.0. The molecule has 0 heterocycles. The van der Waals surface area contributed by atoms with Crippen molar-refractivity contribution in [1.82, 2.24) is 0 Å². The van der Waals surface area contributed by atoms with Crippen molar-refractivity contribution in [2.45, 2.75) is 13.0 Å². The van der Waals surface area contributed by atoms with Crippen LogP contribution in [0.15, 0.2) is 48.5 Å². The minimum absolute atomic E-state index is 0.307. The van der Waals surface area contributed by atoms with Gasteiger partial charge in [0.2, 0.25) is 0 Å². The lowest BCUT2D eigenvalue weighted by atomic mass is 10.3. The first kappa shape index (κ1) is 18.6. The summed E-state index contributed by atoms with van der Waals surface area (Å²) in [6, 6.07) is 13.4. The van der Waals surface area contributed by atoms with E-state index in [1.807, 2.05) is 0 Å². The zero-order valence-corrected chi connectivity index (χ0v) is 14.6. The van der Waals surface area contributed by atoms with E-state index in [4.69, 9.17) is 25.8 Å². The summed E-state index contributed by atoms with van der Waals surface area (Å²) in [5.41, 5.74) is 0.546. The Morgan fingerprint density at radius 2 is 1.84 bits per heavy atom. The van der Waals surface area contributed by atoms with Crippen molar-refractivity contribution < 1.29 is 23.8 Å². The third-order valence-corrected chi connectivity index (χ3v) is 3.44. The number of anilines is 1. The van der Waals surface area contributed by atoms with Crippen LogP contribution in [0.2, 0.25) is 5.02 Å². The topological polar surface area (TPSA) is 73.9 Å². The van der Waals surface area contributed by atoms with E-state index < -0.39 is 18.0 Å². The molecule has 0 aromatic heterocycles. The summed E-state index contributed by atoms with van der Waals surface area (Å²) in [7, 11) is 1.53. The number of hydrogen-bond donors (Lipinski definition) is 1. The van der Waals surface area contributed by atoms with Crippen LogP contribution in [0.1, 0.15) is 6.92 Å². The molecule has 0 fully saturated rings. The van der Waals surface area contributed by atoms with Gasteiger partial charge in [0.25, 0.3) is 5.91 Å². The second kappa shape index (κ2) is 8.94. The molecule has 6 nitrogen and oxygen atoms in total. The Bertz CT molecular complexity index is 733. The van der Waals surface area contributed by atoms with E-state index in [2.05, 4.69) is 5.32 Å². The molecule has 25 heavy (non-hydrogen) atoms. The van der Waals surface area contributed by atoms with Crippen LogP contribution in [0.25, 0.3) is 0 Å². The van der Waals surface area contributed by atoms with Crippen LogP contribution in [0, 0.1) is 0 Å². The lowest BCUT2D eigenvalue weighted by Gasteiger charge is -2.14. The fourth-order valence-corrected chi connectivity index (χ4v) is 2.03. The molecule has 2 rings (SSSR count). The SMILES string of the molecule is COc1cccc(NC(=O)[C@@H](C)OC(=O)COc2ccc(Cl)cc2)c1. The number of esters is 1. The number of methoxy groups -OCH3 is 1. The van der Waals surface area contributed by atoms with Crippen molar-refractivity contribution in [2.75, 3.05) is 19.0 Å². The molecule has 1 N–H and O–H groups in total. The Labute approximate surface area is 150 Å². The van der Waals surface area contributed by atoms with E-state index in [1.165, 1.54) is 14.0 Å². The van der Waals surface area contributed by atoms with E-state index in [0.29, 0.717) is 22.2 Å². The smallest absolute Gasteiger partial charge is 0.344 e. The summed E-state index contributed by atoms with van der Waals surface area (Å²) < 4.78 is 15.4. The molecule has 0 aliphatic carbocycles. The number of rotatable bonds is 7. The highest BCUT2D eigenvalue weighted by molar-refractivity contribution is 6.30. The van der Waals surface area contributed by atoms with Crippen LogP contribution in [0.4, 0.5) is 5.69 Å². The quantitative estimate of drug-likeness (QED) is 0.764. The molecule has 1 amide bonds. The van der Waals surface area contributed by atoms with Crippen LogP contribution >= 0.6 is 11.6 Å². The Morgan fingerprint density at radius 1 is 1.12 bits per heavy atom. The summed E-state index contributed by atoms with van der Waals surface area (Å²) in [4.78, 5) is 23.9. The average molecular weight is 364 g/mol. The Morgan fingerprint density at radius 3 is 2.52 bits per heavy atom. The summed E-state index contributed by atoms with van der Waals surface area (Å²) in [6.07, 6.45) is -0.965. The molecule has 1 atom stereocenters. The number of amides is 1. The van der Waals surface area contributed by atoms with Gasteiger partial charge in [-0.1, -0.05) is 17.7 Å². The van der Waals surface area contributed by atoms with Gasteiger partial charge in [0.1, 0.15) is 11.5 Å². The average Bonchev–Trinajstić information content (AvgIpc) is 2.61. The predicted molar refractivity (Wildman–Crippen MR) is 94.1 cm³/mol. The van der Waals surface area contributed by atoms with E-state index in [9.17, 15) is 9.59 Å². The van der Waals surface area contributed by atoms with Gasteiger partial charge in [0.05, 0.1) is 7.11 Å². The molecule has 2 aromatic carbocycles. The van der Waals surface area contributed by atoms with Crippen molar-refractivity contribution in [3.63, 3.8) is 0 Å². The fraction of sp³-hybridized carbons (Fsp3) is 0.222. The summed E-state index contributed by atoms with van der Waals surface area (Å²) in [5.74, 6) is -0.00927. The molecule has 0 bridgehead atoms. The molecular weight excluding hydrogens is 346 g/mol. The van der Waals surface area contributed by atoms with Crippen molar-refractivity contribution in [3.8, 4) is 11.5 Å². The normalized spacial score (nSPS) is 11.3. The maximum absolute atomic E-state index is 12.1. The Balaban J connectivity index is 1.81. The fourth-order valence-electron chi connectivity index (χ4n) is 1.90. The predicted octanol–water partition coefficient (Wildman–Crippen LogP) is 3.30. The first-order valence-corrected chi connectivity index (χ1v) is 7.88. The molecule has 0 saturated carbocycles. The van der Waals surface area contributed by atoms with Crippen LogP contribution in [-0.2, 0) is 14.3 Å². The minimum Gasteiger partial charge on any atom is -0.497 e. The number of carbonyl (C=O) groups is 2. The molecule has 132 valence electrons. The molecule has 2 aromatic rings. The van der Waals surface area contributed by atoms with Gasteiger partial charge in [-0.15, -0.1) is 0 Å². The zero-order valence-electron chi connectivity index (χ0n) is 13.8. The van der Waals surface area contributed by atoms with E-state index in [0.717, 1.165) is 0 Å². The number of nitrogens with one attached hydrogen (secondary N) is 1. The lowest BCUT2D eigenvalue weighted by Crippen LogP contribution is -2.31. The van der Waals surface area contributed by atoms with Crippen LogP contribution < -0.4 is 14.8 Å². The van der Waals surface area contributed by atoms with Gasteiger partial charge in [-0.05, 0) is 43.3 Å². The Kier molecular flexibility index (Phi) is 6.65. The maximum atomic E-state index is 12.1. The standard InChI is InChI=1S/C18H18ClNO5/c1-12(18(22)20-14-4-3-5-16(10-14)23-2)25-17(21)11-24-15-8-6-13(19)7-9-15/h3-10,12H,11H2,1-2H3,(H,20,22)/t12-/m1/s1. The largest absolute Gasteiger partial charge is 0.497 e. The molecule has 7 heteroatoms. The highest BCUT2D eigenvalue weighted by Gasteiger charge is 2.18. The van der Waals surface area contributed by atoms with Crippen molar-refractivity contribution in [2.24, 2.45) is 0 Å². The number of ether oxygens (including phenoxy) is 3. The lowest BCUT2D eigenvalue weighted by molar-refractivity contribution is -0.155. The number of benzene rings is 2. The molecule has 0 aliphatic heterocycles. The third-order valence-electron chi connectivity index (χ3n) is 3.19. The minimum atomic E-state index is -0.965. The number of carbonyl (C=O) groups excluding carboxylic acids is 2. The monoisotopic (exact) mass is 363 g/mol. The summed E-state index contributed by atoms with van der Waals surface area (Å²) >= 11 is 5.76. The molecule has 0 spiro atoms. The summed E-state index contributed by atoms with van der Waals surface area (Å²) in [5, 5.41) is 3.22. The number of halogens is 1. The van der Waals surface area contributed by atoms with Crippen LogP contribution in [0.3, 0.4) is 0 Å². The Hall–Kier alpha value is -2.73. The van der Waals surface area contributed by atoms with Gasteiger partial charge in [-0.2, -0.15) is 0 Å². The van der Waals surface area contributed by atoms with Gasteiger partial charge in [-0.3, -0.25) is 4.79 Å². The van der Waals surface area contributed by atoms with Crippen molar-refractivity contribution in [1.29, 1.82) is 0 Å². The highest BCUT2D eigenvalue weighted by Crippen LogP contribution is 2.17.